The van der Waals surface area contributed by atoms with Crippen LogP contribution in [0.4, 0.5) is 0 Å². The maximum absolute atomic E-state index is 12.7. The molecule has 0 radical (unpaired) electrons. The van der Waals surface area contributed by atoms with Gasteiger partial charge in [0.2, 0.25) is 0 Å². The highest BCUT2D eigenvalue weighted by atomic mass is 16.6. The first-order valence-corrected chi connectivity index (χ1v) is 25.5. The summed E-state index contributed by atoms with van der Waals surface area (Å²) < 4.78 is 17.3. The van der Waals surface area contributed by atoms with Gasteiger partial charge >= 0.3 is 11.9 Å². The average molecular weight is 837 g/mol. The molecule has 0 saturated carbocycles. The Kier molecular flexibility index (Phi) is 48.4. The quantitative estimate of drug-likeness (QED) is 0.0347. The molecule has 0 aromatic heterocycles. The van der Waals surface area contributed by atoms with E-state index in [2.05, 4.69) is 87.6 Å². The van der Waals surface area contributed by atoms with Crippen LogP contribution in [0.15, 0.2) is 72.9 Å². The Bertz CT molecular complexity index is 1080. The number of allylic oxidation sites excluding steroid dienone is 12. The number of rotatable bonds is 46. The molecule has 0 fully saturated rings. The maximum atomic E-state index is 12.7. The first-order valence-electron chi connectivity index (χ1n) is 25.5. The van der Waals surface area contributed by atoms with E-state index in [0.717, 1.165) is 64.2 Å². The standard InChI is InChI=1S/C55H96O5/c1-4-7-10-13-16-19-22-24-26-27-28-29-30-31-34-36-39-42-45-48-54(56)59-52-53(60-55(57)49-46-43-40-37-33-21-18-15-12-9-6-3)51-58-50-47-44-41-38-35-32-25-23-20-17-14-11-8-5-2/h7,10,16,19,24,26,28-29,31,34,39,42,53H,4-6,8-9,11-15,17-18,20-23,25,27,30,32-33,35-38,40-41,43-52H2,1-3H3/b10-7-,19-16-,26-24-,29-28-,34-31-,42-39-. The Morgan fingerprint density at radius 1 is 0.383 bits per heavy atom. The summed E-state index contributed by atoms with van der Waals surface area (Å²) in [6.45, 7) is 7.65. The lowest BCUT2D eigenvalue weighted by atomic mass is 10.0. The van der Waals surface area contributed by atoms with E-state index < -0.39 is 6.10 Å². The van der Waals surface area contributed by atoms with Crippen LogP contribution in [0.1, 0.15) is 239 Å². The number of esters is 2. The molecule has 1 unspecified atom stereocenters. The number of ether oxygens (including phenoxy) is 3. The molecule has 5 heteroatoms. The summed E-state index contributed by atoms with van der Waals surface area (Å²) in [5.41, 5.74) is 0. The Labute approximate surface area is 372 Å². The van der Waals surface area contributed by atoms with Gasteiger partial charge in [-0.2, -0.15) is 0 Å². The summed E-state index contributed by atoms with van der Waals surface area (Å²) in [6, 6.07) is 0. The minimum Gasteiger partial charge on any atom is -0.462 e. The summed E-state index contributed by atoms with van der Waals surface area (Å²) in [5.74, 6) is -0.488. The molecular weight excluding hydrogens is 741 g/mol. The molecule has 0 aliphatic carbocycles. The lowest BCUT2D eigenvalue weighted by Crippen LogP contribution is -2.30. The second-order valence-electron chi connectivity index (χ2n) is 16.7. The van der Waals surface area contributed by atoms with Crippen LogP contribution < -0.4 is 0 Å². The predicted octanol–water partition coefficient (Wildman–Crippen LogP) is 17.1. The van der Waals surface area contributed by atoms with Crippen molar-refractivity contribution in [3.05, 3.63) is 72.9 Å². The molecule has 0 aliphatic heterocycles. The third-order valence-corrected chi connectivity index (χ3v) is 10.8. The highest BCUT2D eigenvalue weighted by Gasteiger charge is 2.17. The van der Waals surface area contributed by atoms with Crippen molar-refractivity contribution in [1.82, 2.24) is 0 Å². The zero-order valence-electron chi connectivity index (χ0n) is 39.7. The van der Waals surface area contributed by atoms with Gasteiger partial charge < -0.3 is 14.2 Å². The number of carbonyl (C=O) groups is 2. The third kappa shape index (κ3) is 48.0. The highest BCUT2D eigenvalue weighted by Crippen LogP contribution is 2.15. The van der Waals surface area contributed by atoms with E-state index in [0.29, 0.717) is 25.9 Å². The molecule has 60 heavy (non-hydrogen) atoms. The Morgan fingerprint density at radius 2 is 0.750 bits per heavy atom. The van der Waals surface area contributed by atoms with E-state index in [9.17, 15) is 9.59 Å². The van der Waals surface area contributed by atoms with Crippen molar-refractivity contribution in [2.24, 2.45) is 0 Å². The van der Waals surface area contributed by atoms with E-state index in [-0.39, 0.29) is 25.2 Å². The van der Waals surface area contributed by atoms with Crippen LogP contribution in [0.25, 0.3) is 0 Å². The van der Waals surface area contributed by atoms with Gasteiger partial charge in [0.15, 0.2) is 6.10 Å². The first kappa shape index (κ1) is 57.3. The number of carbonyl (C=O) groups excluding carboxylic acids is 2. The van der Waals surface area contributed by atoms with Crippen LogP contribution >= 0.6 is 0 Å². The molecule has 0 bridgehead atoms. The smallest absolute Gasteiger partial charge is 0.306 e. The molecule has 0 rings (SSSR count). The van der Waals surface area contributed by atoms with Crippen molar-refractivity contribution in [1.29, 1.82) is 0 Å². The summed E-state index contributed by atoms with van der Waals surface area (Å²) in [5, 5.41) is 0. The Morgan fingerprint density at radius 3 is 1.17 bits per heavy atom. The van der Waals surface area contributed by atoms with Crippen LogP contribution in [-0.4, -0.2) is 37.9 Å². The van der Waals surface area contributed by atoms with Gasteiger partial charge in [0, 0.05) is 19.4 Å². The lowest BCUT2D eigenvalue weighted by Gasteiger charge is -2.18. The molecule has 346 valence electrons. The zero-order valence-corrected chi connectivity index (χ0v) is 39.7. The van der Waals surface area contributed by atoms with Crippen molar-refractivity contribution < 1.29 is 23.8 Å². The molecular formula is C55H96O5. The molecule has 0 heterocycles. The van der Waals surface area contributed by atoms with Crippen LogP contribution in [0.5, 0.6) is 0 Å². The lowest BCUT2D eigenvalue weighted by molar-refractivity contribution is -0.162. The first-order chi connectivity index (χ1) is 29.6. The van der Waals surface area contributed by atoms with Gasteiger partial charge in [0.1, 0.15) is 6.61 Å². The van der Waals surface area contributed by atoms with E-state index in [1.54, 1.807) is 0 Å². The van der Waals surface area contributed by atoms with Crippen LogP contribution in [0.2, 0.25) is 0 Å². The third-order valence-electron chi connectivity index (χ3n) is 10.8. The van der Waals surface area contributed by atoms with E-state index in [1.165, 1.54) is 135 Å². The van der Waals surface area contributed by atoms with Crippen molar-refractivity contribution >= 4 is 11.9 Å². The van der Waals surface area contributed by atoms with Gasteiger partial charge in [-0.05, 0) is 57.8 Å². The second-order valence-corrected chi connectivity index (χ2v) is 16.7. The normalized spacial score (nSPS) is 12.8. The fraction of sp³-hybridized carbons (Fsp3) is 0.745. The van der Waals surface area contributed by atoms with Gasteiger partial charge in [-0.15, -0.1) is 0 Å². The minimum absolute atomic E-state index is 0.0469. The summed E-state index contributed by atoms with van der Waals surface area (Å²) in [7, 11) is 0. The molecule has 0 saturated heterocycles. The molecule has 0 aliphatic rings. The number of hydrogen-bond donors (Lipinski definition) is 0. The maximum Gasteiger partial charge on any atom is 0.306 e. The molecule has 0 aromatic carbocycles. The van der Waals surface area contributed by atoms with Crippen LogP contribution in [0, 0.1) is 0 Å². The SMILES string of the molecule is CC/C=C\C/C=C\C/C=C\C/C=C\C/C=C\C/C=C\CCC(=O)OCC(COCCCCCCCCCCCCCCCC)OC(=O)CCCCCCCCCCCCC. The van der Waals surface area contributed by atoms with E-state index in [4.69, 9.17) is 14.2 Å². The fourth-order valence-corrected chi connectivity index (χ4v) is 7.01. The zero-order chi connectivity index (χ0) is 43.5. The van der Waals surface area contributed by atoms with Gasteiger partial charge in [0.05, 0.1) is 6.61 Å². The molecule has 1 atom stereocenters. The fourth-order valence-electron chi connectivity index (χ4n) is 7.01. The van der Waals surface area contributed by atoms with Crippen LogP contribution in [0.3, 0.4) is 0 Å². The van der Waals surface area contributed by atoms with Crippen LogP contribution in [-0.2, 0) is 23.8 Å². The van der Waals surface area contributed by atoms with Crippen molar-refractivity contribution in [2.45, 2.75) is 245 Å². The monoisotopic (exact) mass is 837 g/mol. The van der Waals surface area contributed by atoms with E-state index >= 15 is 0 Å². The van der Waals surface area contributed by atoms with Gasteiger partial charge in [-0.3, -0.25) is 9.59 Å². The second kappa shape index (κ2) is 50.7. The molecule has 0 N–H and O–H groups in total. The average Bonchev–Trinajstić information content (AvgIpc) is 3.25. The molecule has 0 aromatic rings. The van der Waals surface area contributed by atoms with Gasteiger partial charge in [-0.25, -0.2) is 0 Å². The Balaban J connectivity index is 4.34. The van der Waals surface area contributed by atoms with Crippen molar-refractivity contribution in [3.8, 4) is 0 Å². The molecule has 5 nitrogen and oxygen atoms in total. The topological polar surface area (TPSA) is 61.8 Å². The molecule has 0 amide bonds. The number of hydrogen-bond acceptors (Lipinski definition) is 5. The van der Waals surface area contributed by atoms with Crippen molar-refractivity contribution in [2.75, 3.05) is 19.8 Å². The predicted molar refractivity (Wildman–Crippen MR) is 260 cm³/mol. The highest BCUT2D eigenvalue weighted by molar-refractivity contribution is 5.70. The minimum atomic E-state index is -0.563. The van der Waals surface area contributed by atoms with Gasteiger partial charge in [-0.1, -0.05) is 241 Å². The van der Waals surface area contributed by atoms with E-state index in [1.807, 2.05) is 6.08 Å². The Hall–Kier alpha value is -2.66. The summed E-state index contributed by atoms with van der Waals surface area (Å²) in [6.07, 6.45) is 64.9. The summed E-state index contributed by atoms with van der Waals surface area (Å²) >= 11 is 0. The largest absolute Gasteiger partial charge is 0.462 e. The summed E-state index contributed by atoms with van der Waals surface area (Å²) in [4.78, 5) is 25.3. The number of unbranched alkanes of at least 4 members (excludes halogenated alkanes) is 23. The van der Waals surface area contributed by atoms with Gasteiger partial charge in [0.25, 0.3) is 0 Å². The molecule has 0 spiro atoms. The van der Waals surface area contributed by atoms with Crippen molar-refractivity contribution in [3.63, 3.8) is 0 Å².